The topological polar surface area (TPSA) is 9.23 Å². The molecule has 0 fully saturated rings. The number of para-hydroxylation sites is 1. The van der Waals surface area contributed by atoms with Crippen molar-refractivity contribution in [3.63, 3.8) is 0 Å². The minimum Gasteiger partial charge on any atom is -0.456 e. The lowest BCUT2D eigenvalue weighted by Crippen LogP contribution is -1.91. The first-order valence-electron chi connectivity index (χ1n) is 4.97. The van der Waals surface area contributed by atoms with E-state index >= 15 is 0 Å². The molecule has 0 unspecified atom stereocenters. The van der Waals surface area contributed by atoms with Gasteiger partial charge in [-0.1, -0.05) is 50.1 Å². The molecule has 0 aliphatic carbocycles. The van der Waals surface area contributed by atoms with Gasteiger partial charge in [0.1, 0.15) is 11.5 Å². The van der Waals surface area contributed by atoms with Gasteiger partial charge in [-0.2, -0.15) is 0 Å². The highest BCUT2D eigenvalue weighted by Gasteiger charge is 2.07. The second-order valence-electron chi connectivity index (χ2n) is 3.42. The summed E-state index contributed by atoms with van der Waals surface area (Å²) in [6, 6.07) is 14.0. The SMILES string of the molecule is BrCc1ccc(Br)cc1Oc1ccccc1I. The fraction of sp³-hybridized carbons (Fsp3) is 0.0769. The summed E-state index contributed by atoms with van der Waals surface area (Å²) in [7, 11) is 0. The number of hydrogen-bond acceptors (Lipinski definition) is 1. The van der Waals surface area contributed by atoms with Crippen molar-refractivity contribution in [2.45, 2.75) is 5.33 Å². The third kappa shape index (κ3) is 3.45. The predicted molar refractivity (Wildman–Crippen MR) is 86.0 cm³/mol. The molecule has 0 aromatic heterocycles. The maximum atomic E-state index is 5.94. The molecule has 0 atom stereocenters. The summed E-state index contributed by atoms with van der Waals surface area (Å²) >= 11 is 9.20. The van der Waals surface area contributed by atoms with Gasteiger partial charge < -0.3 is 4.74 Å². The zero-order valence-corrected chi connectivity index (χ0v) is 14.1. The Bertz CT molecular complexity index is 529. The minimum absolute atomic E-state index is 0.777. The Morgan fingerprint density at radius 3 is 2.53 bits per heavy atom. The Morgan fingerprint density at radius 2 is 1.82 bits per heavy atom. The molecule has 0 N–H and O–H groups in total. The molecule has 17 heavy (non-hydrogen) atoms. The zero-order chi connectivity index (χ0) is 12.3. The molecular formula is C13H9Br2IO. The van der Waals surface area contributed by atoms with Crippen molar-refractivity contribution in [2.75, 3.05) is 0 Å². The number of benzene rings is 2. The first-order valence-corrected chi connectivity index (χ1v) is 7.97. The van der Waals surface area contributed by atoms with Crippen molar-refractivity contribution in [3.8, 4) is 11.5 Å². The zero-order valence-electron chi connectivity index (χ0n) is 8.79. The van der Waals surface area contributed by atoms with Gasteiger partial charge in [0.15, 0.2) is 0 Å². The molecule has 0 bridgehead atoms. The van der Waals surface area contributed by atoms with Gasteiger partial charge in [0.2, 0.25) is 0 Å². The van der Waals surface area contributed by atoms with Crippen LogP contribution in [0.5, 0.6) is 11.5 Å². The number of halogens is 3. The van der Waals surface area contributed by atoms with E-state index in [1.807, 2.05) is 42.5 Å². The lowest BCUT2D eigenvalue weighted by Gasteiger charge is -2.11. The summed E-state index contributed by atoms with van der Waals surface area (Å²) in [4.78, 5) is 0. The van der Waals surface area contributed by atoms with E-state index in [1.165, 1.54) is 0 Å². The van der Waals surface area contributed by atoms with Crippen LogP contribution in [0, 0.1) is 3.57 Å². The van der Waals surface area contributed by atoms with Gasteiger partial charge in [0.05, 0.1) is 3.57 Å². The Kier molecular flexibility index (Phi) is 4.87. The number of rotatable bonds is 3. The first kappa shape index (κ1) is 13.4. The smallest absolute Gasteiger partial charge is 0.140 e. The molecule has 88 valence electrons. The molecule has 0 heterocycles. The third-order valence-electron chi connectivity index (χ3n) is 2.23. The van der Waals surface area contributed by atoms with E-state index in [1.54, 1.807) is 0 Å². The van der Waals surface area contributed by atoms with E-state index in [-0.39, 0.29) is 0 Å². The Morgan fingerprint density at radius 1 is 1.06 bits per heavy atom. The largest absolute Gasteiger partial charge is 0.456 e. The normalized spacial score (nSPS) is 10.3. The van der Waals surface area contributed by atoms with Crippen LogP contribution in [0.1, 0.15) is 5.56 Å². The molecule has 0 spiro atoms. The van der Waals surface area contributed by atoms with Gasteiger partial charge in [-0.3, -0.25) is 0 Å². The maximum absolute atomic E-state index is 5.94. The van der Waals surface area contributed by atoms with Crippen molar-refractivity contribution in [1.82, 2.24) is 0 Å². The lowest BCUT2D eigenvalue weighted by molar-refractivity contribution is 0.475. The molecule has 0 amide bonds. The highest BCUT2D eigenvalue weighted by atomic mass is 127. The van der Waals surface area contributed by atoms with Crippen LogP contribution >= 0.6 is 54.5 Å². The maximum Gasteiger partial charge on any atom is 0.140 e. The van der Waals surface area contributed by atoms with Crippen LogP contribution < -0.4 is 4.74 Å². The van der Waals surface area contributed by atoms with Crippen LogP contribution in [0.15, 0.2) is 46.9 Å². The molecule has 2 rings (SSSR count). The molecule has 0 aliphatic rings. The van der Waals surface area contributed by atoms with Crippen LogP contribution in [0.25, 0.3) is 0 Å². The van der Waals surface area contributed by atoms with Gasteiger partial charge in [-0.05, 0) is 46.9 Å². The second-order valence-corrected chi connectivity index (χ2v) is 6.06. The van der Waals surface area contributed by atoms with Crippen molar-refractivity contribution < 1.29 is 4.74 Å². The van der Waals surface area contributed by atoms with Gasteiger partial charge in [-0.15, -0.1) is 0 Å². The lowest BCUT2D eigenvalue weighted by atomic mass is 10.2. The molecule has 2 aromatic rings. The number of ether oxygens (including phenoxy) is 1. The Hall–Kier alpha value is -0.0700. The van der Waals surface area contributed by atoms with Crippen molar-refractivity contribution in [3.05, 3.63) is 56.1 Å². The molecule has 0 radical (unpaired) electrons. The Labute approximate surface area is 131 Å². The average molecular weight is 468 g/mol. The average Bonchev–Trinajstić information content (AvgIpc) is 2.32. The van der Waals surface area contributed by atoms with Gasteiger partial charge >= 0.3 is 0 Å². The van der Waals surface area contributed by atoms with Crippen molar-refractivity contribution in [1.29, 1.82) is 0 Å². The second kappa shape index (κ2) is 6.20. The van der Waals surface area contributed by atoms with Crippen LogP contribution in [-0.2, 0) is 5.33 Å². The fourth-order valence-corrected chi connectivity index (χ4v) is 2.68. The third-order valence-corrected chi connectivity index (χ3v) is 4.22. The predicted octanol–water partition coefficient (Wildman–Crippen LogP) is 5.74. The highest BCUT2D eigenvalue weighted by Crippen LogP contribution is 2.32. The van der Waals surface area contributed by atoms with Gasteiger partial charge in [0, 0.05) is 15.4 Å². The van der Waals surface area contributed by atoms with Gasteiger partial charge in [-0.25, -0.2) is 0 Å². The molecule has 0 saturated carbocycles. The van der Waals surface area contributed by atoms with E-state index in [0.717, 1.165) is 30.4 Å². The number of alkyl halides is 1. The highest BCUT2D eigenvalue weighted by molar-refractivity contribution is 14.1. The standard InChI is InChI=1S/C13H9Br2IO/c14-8-9-5-6-10(15)7-13(9)17-12-4-2-1-3-11(12)16/h1-7H,8H2. The van der Waals surface area contributed by atoms with Crippen LogP contribution in [0.4, 0.5) is 0 Å². The van der Waals surface area contributed by atoms with Crippen molar-refractivity contribution >= 4 is 54.5 Å². The summed E-state index contributed by atoms with van der Waals surface area (Å²) in [6.45, 7) is 0. The molecule has 2 aromatic carbocycles. The van der Waals surface area contributed by atoms with E-state index < -0.39 is 0 Å². The summed E-state index contributed by atoms with van der Waals surface area (Å²) in [5, 5.41) is 0.777. The quantitative estimate of drug-likeness (QED) is 0.413. The number of hydrogen-bond donors (Lipinski definition) is 0. The Balaban J connectivity index is 2.35. The summed E-state index contributed by atoms with van der Waals surface area (Å²) < 4.78 is 8.06. The summed E-state index contributed by atoms with van der Waals surface area (Å²) in [5.41, 5.74) is 1.13. The van der Waals surface area contributed by atoms with E-state index in [0.29, 0.717) is 0 Å². The monoisotopic (exact) mass is 466 g/mol. The first-order chi connectivity index (χ1) is 8.20. The van der Waals surface area contributed by atoms with Crippen molar-refractivity contribution in [2.24, 2.45) is 0 Å². The van der Waals surface area contributed by atoms with E-state index in [9.17, 15) is 0 Å². The molecule has 0 aliphatic heterocycles. The van der Waals surface area contributed by atoms with Crippen LogP contribution in [0.2, 0.25) is 0 Å². The molecule has 4 heteroatoms. The summed E-state index contributed by atoms with van der Waals surface area (Å²) in [6.07, 6.45) is 0. The van der Waals surface area contributed by atoms with Crippen LogP contribution in [0.3, 0.4) is 0 Å². The molecule has 0 saturated heterocycles. The minimum atomic E-state index is 0.777. The fourth-order valence-electron chi connectivity index (χ4n) is 1.38. The molecular weight excluding hydrogens is 459 g/mol. The van der Waals surface area contributed by atoms with Crippen LogP contribution in [-0.4, -0.2) is 0 Å². The summed E-state index contributed by atoms with van der Waals surface area (Å²) in [5.74, 6) is 1.76. The van der Waals surface area contributed by atoms with E-state index in [4.69, 9.17) is 4.74 Å². The van der Waals surface area contributed by atoms with E-state index in [2.05, 4.69) is 54.5 Å². The van der Waals surface area contributed by atoms with Gasteiger partial charge in [0.25, 0.3) is 0 Å². The molecule has 1 nitrogen and oxygen atoms in total.